The molecule has 0 amide bonds. The van der Waals surface area contributed by atoms with Crippen molar-refractivity contribution in [2.45, 2.75) is 48.2 Å². The molecule has 1 aromatic heterocycles. The smallest absolute Gasteiger partial charge is 0.228 e. The van der Waals surface area contributed by atoms with Crippen molar-refractivity contribution in [2.75, 3.05) is 29.5 Å². The lowest BCUT2D eigenvalue weighted by Crippen LogP contribution is -2.22. The van der Waals surface area contributed by atoms with E-state index in [1.807, 2.05) is 6.07 Å². The fourth-order valence-corrected chi connectivity index (χ4v) is 5.77. The summed E-state index contributed by atoms with van der Waals surface area (Å²) in [6.45, 7) is 2.12. The van der Waals surface area contributed by atoms with E-state index in [0.29, 0.717) is 17.4 Å². The monoisotopic (exact) mass is 392 g/mol. The zero-order valence-corrected chi connectivity index (χ0v) is 16.4. The molecule has 0 spiro atoms. The minimum Gasteiger partial charge on any atom is -0.341 e. The van der Waals surface area contributed by atoms with E-state index in [2.05, 4.69) is 19.7 Å². The molecule has 1 saturated heterocycles. The average Bonchev–Trinajstić information content (AvgIpc) is 3.18. The quantitative estimate of drug-likeness (QED) is 0.508. The molecule has 2 aliphatic rings. The van der Waals surface area contributed by atoms with Gasteiger partial charge in [-0.1, -0.05) is 30.0 Å². The molecule has 2 fully saturated rings. The summed E-state index contributed by atoms with van der Waals surface area (Å²) in [6, 6.07) is 9.20. The van der Waals surface area contributed by atoms with Crippen LogP contribution in [0.4, 0.5) is 5.95 Å². The zero-order chi connectivity index (χ0) is 18.0. The molecule has 1 aliphatic carbocycles. The van der Waals surface area contributed by atoms with Gasteiger partial charge in [-0.05, 0) is 44.2 Å². The number of sulfone groups is 1. The molecule has 26 heavy (non-hydrogen) atoms. The Balaban J connectivity index is 1.36. The third-order valence-electron chi connectivity index (χ3n) is 4.84. The van der Waals surface area contributed by atoms with Crippen LogP contribution < -0.4 is 4.90 Å². The summed E-state index contributed by atoms with van der Waals surface area (Å²) in [7, 11) is -3.20. The van der Waals surface area contributed by atoms with Gasteiger partial charge in [-0.3, -0.25) is 4.57 Å². The Morgan fingerprint density at radius 3 is 2.50 bits per heavy atom. The Kier molecular flexibility index (Phi) is 5.22. The van der Waals surface area contributed by atoms with Gasteiger partial charge in [0, 0.05) is 24.9 Å². The second-order valence-electron chi connectivity index (χ2n) is 6.91. The number of aromatic nitrogens is 3. The van der Waals surface area contributed by atoms with Crippen LogP contribution in [-0.4, -0.2) is 47.8 Å². The predicted octanol–water partition coefficient (Wildman–Crippen LogP) is 3.17. The summed E-state index contributed by atoms with van der Waals surface area (Å²) in [5.74, 6) is 1.90. The average molecular weight is 393 g/mol. The van der Waals surface area contributed by atoms with E-state index in [0.717, 1.165) is 29.9 Å². The van der Waals surface area contributed by atoms with Crippen LogP contribution in [0.1, 0.15) is 38.1 Å². The molecule has 1 aliphatic heterocycles. The minimum absolute atomic E-state index is 0.167. The summed E-state index contributed by atoms with van der Waals surface area (Å²) >= 11 is 1.63. The lowest BCUT2D eigenvalue weighted by Gasteiger charge is -2.17. The number of anilines is 1. The standard InChI is InChI=1S/C18H24N4O2S2/c23-26(24,16-7-2-1-3-8-16)14-6-13-25-18-20-19-17(21-11-4-5-12-21)22(18)15-9-10-15/h1-3,7-8,15H,4-6,9-14H2. The van der Waals surface area contributed by atoms with Crippen LogP contribution in [0.15, 0.2) is 40.4 Å². The van der Waals surface area contributed by atoms with E-state index in [9.17, 15) is 8.42 Å². The highest BCUT2D eigenvalue weighted by Gasteiger charge is 2.32. The Hall–Kier alpha value is -1.54. The molecule has 2 heterocycles. The van der Waals surface area contributed by atoms with Crippen LogP contribution in [-0.2, 0) is 9.84 Å². The first-order chi connectivity index (χ1) is 12.6. The summed E-state index contributed by atoms with van der Waals surface area (Å²) in [6.07, 6.45) is 5.43. The summed E-state index contributed by atoms with van der Waals surface area (Å²) in [5, 5.41) is 9.77. The highest BCUT2D eigenvalue weighted by atomic mass is 32.2. The van der Waals surface area contributed by atoms with Crippen LogP contribution in [0.2, 0.25) is 0 Å². The van der Waals surface area contributed by atoms with Crippen molar-refractivity contribution in [3.05, 3.63) is 30.3 Å². The lowest BCUT2D eigenvalue weighted by molar-refractivity contribution is 0.595. The molecule has 4 rings (SSSR count). The van der Waals surface area contributed by atoms with Gasteiger partial charge in [0.2, 0.25) is 5.95 Å². The van der Waals surface area contributed by atoms with Crippen LogP contribution in [0.25, 0.3) is 0 Å². The van der Waals surface area contributed by atoms with Gasteiger partial charge >= 0.3 is 0 Å². The predicted molar refractivity (Wildman–Crippen MR) is 104 cm³/mol. The molecule has 140 valence electrons. The van der Waals surface area contributed by atoms with E-state index in [1.165, 1.54) is 25.7 Å². The highest BCUT2D eigenvalue weighted by Crippen LogP contribution is 2.41. The van der Waals surface area contributed by atoms with E-state index in [4.69, 9.17) is 0 Å². The number of hydrogen-bond donors (Lipinski definition) is 0. The van der Waals surface area contributed by atoms with Gasteiger partial charge < -0.3 is 4.90 Å². The SMILES string of the molecule is O=S(=O)(CCCSc1nnc(N2CCCC2)n1C1CC1)c1ccccc1. The molecule has 0 N–H and O–H groups in total. The van der Waals surface area contributed by atoms with Gasteiger partial charge in [0.05, 0.1) is 10.6 Å². The van der Waals surface area contributed by atoms with Crippen molar-refractivity contribution in [3.63, 3.8) is 0 Å². The molecule has 0 bridgehead atoms. The molecule has 0 atom stereocenters. The third kappa shape index (κ3) is 3.91. The maximum atomic E-state index is 12.4. The van der Waals surface area contributed by atoms with E-state index in [-0.39, 0.29) is 5.75 Å². The molecule has 0 radical (unpaired) electrons. The number of nitrogens with zero attached hydrogens (tertiary/aromatic N) is 4. The van der Waals surface area contributed by atoms with Crippen molar-refractivity contribution >= 4 is 27.5 Å². The van der Waals surface area contributed by atoms with Gasteiger partial charge in [-0.25, -0.2) is 8.42 Å². The minimum atomic E-state index is -3.20. The van der Waals surface area contributed by atoms with Crippen LogP contribution >= 0.6 is 11.8 Å². The number of benzene rings is 1. The van der Waals surface area contributed by atoms with Gasteiger partial charge in [-0.2, -0.15) is 0 Å². The molecule has 2 aromatic rings. The van der Waals surface area contributed by atoms with Crippen molar-refractivity contribution < 1.29 is 8.42 Å². The summed E-state index contributed by atoms with van der Waals surface area (Å²) in [4.78, 5) is 2.73. The topological polar surface area (TPSA) is 68.1 Å². The van der Waals surface area contributed by atoms with Crippen LogP contribution in [0, 0.1) is 0 Å². The maximum absolute atomic E-state index is 12.4. The fourth-order valence-electron chi connectivity index (χ4n) is 3.31. The second kappa shape index (κ2) is 7.60. The molecule has 0 unspecified atom stereocenters. The number of rotatable bonds is 8. The van der Waals surface area contributed by atoms with Gasteiger partial charge in [0.15, 0.2) is 15.0 Å². The van der Waals surface area contributed by atoms with Crippen LogP contribution in [0.5, 0.6) is 0 Å². The first kappa shape index (κ1) is 17.9. The van der Waals surface area contributed by atoms with Gasteiger partial charge in [0.25, 0.3) is 0 Å². The van der Waals surface area contributed by atoms with Crippen LogP contribution in [0.3, 0.4) is 0 Å². The first-order valence-corrected chi connectivity index (χ1v) is 11.9. The second-order valence-corrected chi connectivity index (χ2v) is 10.1. The summed E-state index contributed by atoms with van der Waals surface area (Å²) < 4.78 is 27.0. The number of thioether (sulfide) groups is 1. The van der Waals surface area contributed by atoms with Crippen molar-refractivity contribution in [2.24, 2.45) is 0 Å². The van der Waals surface area contributed by atoms with Crippen molar-refractivity contribution in [1.29, 1.82) is 0 Å². The molecule has 8 heteroatoms. The Morgan fingerprint density at radius 1 is 1.08 bits per heavy atom. The van der Waals surface area contributed by atoms with Crippen molar-refractivity contribution in [3.8, 4) is 0 Å². The maximum Gasteiger partial charge on any atom is 0.228 e. The molecule has 1 aromatic carbocycles. The number of hydrogen-bond acceptors (Lipinski definition) is 6. The first-order valence-electron chi connectivity index (χ1n) is 9.25. The fraction of sp³-hybridized carbons (Fsp3) is 0.556. The van der Waals surface area contributed by atoms with E-state index < -0.39 is 9.84 Å². The third-order valence-corrected chi connectivity index (χ3v) is 7.68. The Labute approximate surface area is 158 Å². The summed E-state index contributed by atoms with van der Waals surface area (Å²) in [5.41, 5.74) is 0. The molecule has 6 nitrogen and oxygen atoms in total. The Morgan fingerprint density at radius 2 is 1.81 bits per heavy atom. The highest BCUT2D eigenvalue weighted by molar-refractivity contribution is 7.99. The van der Waals surface area contributed by atoms with E-state index in [1.54, 1.807) is 36.0 Å². The largest absolute Gasteiger partial charge is 0.341 e. The normalized spacial score (nSPS) is 17.8. The lowest BCUT2D eigenvalue weighted by atomic mass is 10.4. The Bertz CT molecular complexity index is 841. The molecule has 1 saturated carbocycles. The molecular formula is C18H24N4O2S2. The van der Waals surface area contributed by atoms with Gasteiger partial charge in [0.1, 0.15) is 0 Å². The van der Waals surface area contributed by atoms with E-state index >= 15 is 0 Å². The van der Waals surface area contributed by atoms with Crippen molar-refractivity contribution in [1.82, 2.24) is 14.8 Å². The molecular weight excluding hydrogens is 368 g/mol. The van der Waals surface area contributed by atoms with Gasteiger partial charge in [-0.15, -0.1) is 10.2 Å². The zero-order valence-electron chi connectivity index (χ0n) is 14.7.